The second-order valence-corrected chi connectivity index (χ2v) is 5.88. The van der Waals surface area contributed by atoms with Crippen molar-refractivity contribution in [2.75, 3.05) is 18.5 Å². The topological polar surface area (TPSA) is 74.8 Å². The molecule has 0 aliphatic heterocycles. The Morgan fingerprint density at radius 2 is 1.92 bits per heavy atom. The molecular formula is C19H22N4O2S. The van der Waals surface area contributed by atoms with Gasteiger partial charge in [-0.15, -0.1) is 0 Å². The number of hydrogen-bond acceptors (Lipinski definition) is 4. The molecular weight excluding hydrogens is 348 g/mol. The molecule has 7 heteroatoms. The van der Waals surface area contributed by atoms with Crippen molar-refractivity contribution >= 4 is 35.1 Å². The summed E-state index contributed by atoms with van der Waals surface area (Å²) in [5, 5.41) is 10.2. The van der Waals surface area contributed by atoms with E-state index in [1.54, 1.807) is 12.3 Å². The number of para-hydroxylation sites is 1. The lowest BCUT2D eigenvalue weighted by Gasteiger charge is -2.10. The highest BCUT2D eigenvalue weighted by Gasteiger charge is 2.06. The monoisotopic (exact) mass is 370 g/mol. The predicted molar refractivity (Wildman–Crippen MR) is 109 cm³/mol. The minimum atomic E-state index is -0.230. The normalized spacial score (nSPS) is 10.4. The number of thiocarbonyl (C=S) groups is 1. The molecule has 26 heavy (non-hydrogen) atoms. The van der Waals surface area contributed by atoms with Crippen LogP contribution in [0.3, 0.4) is 0 Å². The lowest BCUT2D eigenvalue weighted by atomic mass is 10.2. The molecule has 0 aliphatic carbocycles. The number of hydrazone groups is 1. The number of hydrogen-bond donors (Lipinski definition) is 3. The molecule has 0 heterocycles. The van der Waals surface area contributed by atoms with E-state index in [1.165, 1.54) is 0 Å². The summed E-state index contributed by atoms with van der Waals surface area (Å²) in [6.07, 6.45) is 1.59. The van der Waals surface area contributed by atoms with Crippen LogP contribution in [0.25, 0.3) is 0 Å². The number of rotatable bonds is 7. The van der Waals surface area contributed by atoms with Crippen LogP contribution < -0.4 is 20.8 Å². The summed E-state index contributed by atoms with van der Waals surface area (Å²) in [4.78, 5) is 12.0. The summed E-state index contributed by atoms with van der Waals surface area (Å²) in [7, 11) is 0. The summed E-state index contributed by atoms with van der Waals surface area (Å²) in [6.45, 7) is 4.56. The van der Waals surface area contributed by atoms with Gasteiger partial charge in [0.2, 0.25) is 0 Å². The van der Waals surface area contributed by atoms with Crippen LogP contribution in [-0.2, 0) is 4.79 Å². The SMILES string of the molecule is CCNC(=S)N/N=C\c1ccccc1OCC(=O)Nc1ccc(C)cc1. The third-order valence-corrected chi connectivity index (χ3v) is 3.56. The Morgan fingerprint density at radius 1 is 1.19 bits per heavy atom. The van der Waals surface area contributed by atoms with Gasteiger partial charge in [-0.1, -0.05) is 29.8 Å². The van der Waals surface area contributed by atoms with Crippen molar-refractivity contribution in [1.29, 1.82) is 0 Å². The van der Waals surface area contributed by atoms with Gasteiger partial charge in [-0.25, -0.2) is 0 Å². The van der Waals surface area contributed by atoms with E-state index in [0.717, 1.165) is 23.4 Å². The van der Waals surface area contributed by atoms with Gasteiger partial charge in [0.05, 0.1) is 6.21 Å². The van der Waals surface area contributed by atoms with Crippen molar-refractivity contribution in [2.45, 2.75) is 13.8 Å². The van der Waals surface area contributed by atoms with Crippen LogP contribution >= 0.6 is 12.2 Å². The summed E-state index contributed by atoms with van der Waals surface area (Å²) < 4.78 is 5.62. The van der Waals surface area contributed by atoms with Crippen molar-refractivity contribution in [1.82, 2.24) is 10.7 Å². The van der Waals surface area contributed by atoms with E-state index >= 15 is 0 Å². The lowest BCUT2D eigenvalue weighted by molar-refractivity contribution is -0.118. The van der Waals surface area contributed by atoms with E-state index in [2.05, 4.69) is 21.2 Å². The van der Waals surface area contributed by atoms with Crippen molar-refractivity contribution in [3.05, 3.63) is 59.7 Å². The molecule has 0 saturated heterocycles. The van der Waals surface area contributed by atoms with Crippen molar-refractivity contribution < 1.29 is 9.53 Å². The maximum atomic E-state index is 12.0. The van der Waals surface area contributed by atoms with E-state index < -0.39 is 0 Å². The summed E-state index contributed by atoms with van der Waals surface area (Å²) >= 11 is 5.04. The first kappa shape index (κ1) is 19.4. The summed E-state index contributed by atoms with van der Waals surface area (Å²) in [5.41, 5.74) is 5.32. The Kier molecular flexibility index (Phi) is 7.57. The largest absolute Gasteiger partial charge is 0.483 e. The van der Waals surface area contributed by atoms with Gasteiger partial charge in [0.25, 0.3) is 5.91 Å². The number of nitrogens with zero attached hydrogens (tertiary/aromatic N) is 1. The second-order valence-electron chi connectivity index (χ2n) is 5.47. The van der Waals surface area contributed by atoms with Crippen LogP contribution in [0.15, 0.2) is 53.6 Å². The Morgan fingerprint density at radius 3 is 2.65 bits per heavy atom. The molecule has 2 rings (SSSR count). The van der Waals surface area contributed by atoms with Crippen LogP contribution in [0.1, 0.15) is 18.1 Å². The van der Waals surface area contributed by atoms with Gasteiger partial charge < -0.3 is 15.4 Å². The Balaban J connectivity index is 1.90. The first-order valence-electron chi connectivity index (χ1n) is 8.23. The predicted octanol–water partition coefficient (Wildman–Crippen LogP) is 2.83. The summed E-state index contributed by atoms with van der Waals surface area (Å²) in [6, 6.07) is 14.9. The highest BCUT2D eigenvalue weighted by molar-refractivity contribution is 7.80. The Hall–Kier alpha value is -2.93. The molecule has 0 radical (unpaired) electrons. The number of ether oxygens (including phenoxy) is 1. The van der Waals surface area contributed by atoms with Crippen LogP contribution in [0, 0.1) is 6.92 Å². The first-order valence-corrected chi connectivity index (χ1v) is 8.64. The fourth-order valence-electron chi connectivity index (χ4n) is 2.06. The first-order chi connectivity index (χ1) is 12.6. The smallest absolute Gasteiger partial charge is 0.262 e. The molecule has 0 bridgehead atoms. The highest BCUT2D eigenvalue weighted by atomic mass is 32.1. The molecule has 2 aromatic carbocycles. The van der Waals surface area contributed by atoms with Gasteiger partial charge in [-0.05, 0) is 50.3 Å². The maximum absolute atomic E-state index is 12.0. The van der Waals surface area contributed by atoms with Gasteiger partial charge in [0, 0.05) is 17.8 Å². The number of anilines is 1. The van der Waals surface area contributed by atoms with E-state index in [-0.39, 0.29) is 12.5 Å². The third kappa shape index (κ3) is 6.52. The van der Waals surface area contributed by atoms with E-state index in [4.69, 9.17) is 17.0 Å². The number of nitrogens with one attached hydrogen (secondary N) is 3. The molecule has 136 valence electrons. The average molecular weight is 370 g/mol. The van der Waals surface area contributed by atoms with E-state index in [9.17, 15) is 4.79 Å². The fraction of sp³-hybridized carbons (Fsp3) is 0.211. The molecule has 0 fully saturated rings. The molecule has 2 aromatic rings. The number of carbonyl (C=O) groups excluding carboxylic acids is 1. The zero-order valence-electron chi connectivity index (χ0n) is 14.8. The van der Waals surface area contributed by atoms with E-state index in [0.29, 0.717) is 10.9 Å². The van der Waals surface area contributed by atoms with Gasteiger partial charge in [-0.3, -0.25) is 10.2 Å². The number of amides is 1. The molecule has 0 aliphatic rings. The summed E-state index contributed by atoms with van der Waals surface area (Å²) in [5.74, 6) is 0.332. The highest BCUT2D eigenvalue weighted by Crippen LogP contribution is 2.16. The Bertz CT molecular complexity index is 775. The van der Waals surface area contributed by atoms with Crippen molar-refractivity contribution in [3.63, 3.8) is 0 Å². The van der Waals surface area contributed by atoms with Gasteiger partial charge in [-0.2, -0.15) is 5.10 Å². The third-order valence-electron chi connectivity index (χ3n) is 3.32. The molecule has 6 nitrogen and oxygen atoms in total. The standard InChI is InChI=1S/C19H22N4O2S/c1-3-20-19(26)23-21-12-15-6-4-5-7-17(15)25-13-18(24)22-16-10-8-14(2)9-11-16/h4-12H,3,13H2,1-2H3,(H,22,24)(H2,20,23,26)/b21-12-. The fourth-order valence-corrected chi connectivity index (χ4v) is 2.25. The molecule has 0 aromatic heterocycles. The maximum Gasteiger partial charge on any atom is 0.262 e. The van der Waals surface area contributed by atoms with Gasteiger partial charge in [0.1, 0.15) is 5.75 Å². The Labute approximate surface area is 158 Å². The second kappa shape index (κ2) is 10.1. The quantitative estimate of drug-likeness (QED) is 0.397. The molecule has 0 spiro atoms. The van der Waals surface area contributed by atoms with Crippen LogP contribution in [0.2, 0.25) is 0 Å². The molecule has 1 amide bonds. The van der Waals surface area contributed by atoms with Crippen LogP contribution in [0.4, 0.5) is 5.69 Å². The van der Waals surface area contributed by atoms with Gasteiger partial charge in [0.15, 0.2) is 11.7 Å². The molecule has 3 N–H and O–H groups in total. The molecule has 0 atom stereocenters. The average Bonchev–Trinajstić information content (AvgIpc) is 2.63. The lowest BCUT2D eigenvalue weighted by Crippen LogP contribution is -2.31. The number of carbonyl (C=O) groups is 1. The zero-order valence-corrected chi connectivity index (χ0v) is 15.6. The number of aryl methyl sites for hydroxylation is 1. The van der Waals surface area contributed by atoms with Crippen LogP contribution in [-0.4, -0.2) is 30.4 Å². The van der Waals surface area contributed by atoms with Crippen molar-refractivity contribution in [3.8, 4) is 5.75 Å². The minimum Gasteiger partial charge on any atom is -0.483 e. The van der Waals surface area contributed by atoms with Crippen LogP contribution in [0.5, 0.6) is 5.75 Å². The van der Waals surface area contributed by atoms with Crippen molar-refractivity contribution in [2.24, 2.45) is 5.10 Å². The molecule has 0 unspecified atom stereocenters. The molecule has 0 saturated carbocycles. The minimum absolute atomic E-state index is 0.0953. The van der Waals surface area contributed by atoms with Gasteiger partial charge >= 0.3 is 0 Å². The zero-order chi connectivity index (χ0) is 18.8. The van der Waals surface area contributed by atoms with E-state index in [1.807, 2.05) is 56.3 Å². The number of benzene rings is 2.